The van der Waals surface area contributed by atoms with Crippen molar-refractivity contribution in [2.75, 3.05) is 0 Å². The fraction of sp³-hybridized carbons (Fsp3) is 0.0500. The Labute approximate surface area is 135 Å². The minimum Gasteiger partial charge on any atom is -0.508 e. The average Bonchev–Trinajstić information content (AvgIpc) is 2.61. The molecular formula is C20H17NO2. The number of carbonyl (C=O) groups is 1. The van der Waals surface area contributed by atoms with Crippen molar-refractivity contribution in [2.45, 2.75) is 6.04 Å². The summed E-state index contributed by atoms with van der Waals surface area (Å²) in [6, 6.07) is 25.7. The van der Waals surface area contributed by atoms with Crippen LogP contribution in [0.25, 0.3) is 0 Å². The summed E-state index contributed by atoms with van der Waals surface area (Å²) in [5, 5.41) is 12.4. The van der Waals surface area contributed by atoms with Gasteiger partial charge in [-0.05, 0) is 35.4 Å². The minimum absolute atomic E-state index is 0.143. The predicted octanol–water partition coefficient (Wildman–Crippen LogP) is 3.91. The summed E-state index contributed by atoms with van der Waals surface area (Å²) < 4.78 is 0. The highest BCUT2D eigenvalue weighted by molar-refractivity contribution is 5.94. The van der Waals surface area contributed by atoms with Crippen LogP contribution in [0.3, 0.4) is 0 Å². The second kappa shape index (κ2) is 6.79. The third kappa shape index (κ3) is 3.58. The number of benzene rings is 3. The van der Waals surface area contributed by atoms with Crippen LogP contribution in [0, 0.1) is 0 Å². The van der Waals surface area contributed by atoms with Gasteiger partial charge in [-0.3, -0.25) is 4.79 Å². The van der Waals surface area contributed by atoms with Gasteiger partial charge in [-0.25, -0.2) is 0 Å². The van der Waals surface area contributed by atoms with E-state index < -0.39 is 0 Å². The Bertz CT molecular complexity index is 728. The van der Waals surface area contributed by atoms with Crippen molar-refractivity contribution in [1.29, 1.82) is 0 Å². The molecule has 0 bridgehead atoms. The van der Waals surface area contributed by atoms with Crippen molar-refractivity contribution < 1.29 is 9.90 Å². The Morgan fingerprint density at radius 1 is 0.739 bits per heavy atom. The lowest BCUT2D eigenvalue weighted by Crippen LogP contribution is -2.29. The lowest BCUT2D eigenvalue weighted by atomic mass is 9.98. The van der Waals surface area contributed by atoms with Crippen LogP contribution in [0.15, 0.2) is 84.9 Å². The molecule has 0 aliphatic carbocycles. The number of nitrogens with one attached hydrogen (secondary N) is 1. The molecule has 0 saturated carbocycles. The molecule has 23 heavy (non-hydrogen) atoms. The van der Waals surface area contributed by atoms with Gasteiger partial charge in [0.25, 0.3) is 5.91 Å². The van der Waals surface area contributed by atoms with Crippen molar-refractivity contribution in [3.8, 4) is 5.75 Å². The number of carbonyl (C=O) groups excluding carboxylic acids is 1. The maximum atomic E-state index is 12.5. The van der Waals surface area contributed by atoms with E-state index >= 15 is 0 Å². The maximum Gasteiger partial charge on any atom is 0.252 e. The fourth-order valence-electron chi connectivity index (χ4n) is 2.48. The molecule has 2 N–H and O–H groups in total. The molecule has 0 radical (unpaired) electrons. The van der Waals surface area contributed by atoms with Crippen molar-refractivity contribution >= 4 is 5.91 Å². The van der Waals surface area contributed by atoms with E-state index in [1.54, 1.807) is 12.1 Å². The van der Waals surface area contributed by atoms with Gasteiger partial charge < -0.3 is 10.4 Å². The Balaban J connectivity index is 1.90. The molecule has 0 spiro atoms. The van der Waals surface area contributed by atoms with Gasteiger partial charge in [0.15, 0.2) is 0 Å². The quantitative estimate of drug-likeness (QED) is 0.767. The lowest BCUT2D eigenvalue weighted by Gasteiger charge is -2.20. The highest BCUT2D eigenvalue weighted by Crippen LogP contribution is 2.22. The fourth-order valence-corrected chi connectivity index (χ4v) is 2.48. The van der Waals surface area contributed by atoms with Crippen LogP contribution >= 0.6 is 0 Å². The molecule has 3 aromatic rings. The molecule has 3 heteroatoms. The van der Waals surface area contributed by atoms with Gasteiger partial charge in [-0.1, -0.05) is 60.7 Å². The first-order valence-corrected chi connectivity index (χ1v) is 7.44. The van der Waals surface area contributed by atoms with Gasteiger partial charge in [0.2, 0.25) is 0 Å². The second-order valence-corrected chi connectivity index (χ2v) is 5.27. The van der Waals surface area contributed by atoms with Crippen LogP contribution in [0.4, 0.5) is 0 Å². The molecule has 3 aromatic carbocycles. The number of hydrogen-bond acceptors (Lipinski definition) is 2. The van der Waals surface area contributed by atoms with Crippen LogP contribution in [0.1, 0.15) is 27.5 Å². The van der Waals surface area contributed by atoms with Gasteiger partial charge >= 0.3 is 0 Å². The molecule has 0 aliphatic rings. The summed E-state index contributed by atoms with van der Waals surface area (Å²) in [5.41, 5.74) is 2.55. The molecule has 3 rings (SSSR count). The molecule has 3 nitrogen and oxygen atoms in total. The second-order valence-electron chi connectivity index (χ2n) is 5.27. The lowest BCUT2D eigenvalue weighted by molar-refractivity contribution is 0.0943. The number of aromatic hydroxyl groups is 1. The van der Waals surface area contributed by atoms with Crippen LogP contribution in [0.2, 0.25) is 0 Å². The van der Waals surface area contributed by atoms with Gasteiger partial charge in [-0.2, -0.15) is 0 Å². The van der Waals surface area contributed by atoms with Crippen LogP contribution < -0.4 is 5.32 Å². The Morgan fingerprint density at radius 2 is 1.22 bits per heavy atom. The van der Waals surface area contributed by atoms with Crippen LogP contribution in [-0.2, 0) is 0 Å². The zero-order valence-corrected chi connectivity index (χ0v) is 12.5. The van der Waals surface area contributed by atoms with Crippen molar-refractivity contribution in [3.05, 3.63) is 102 Å². The average molecular weight is 303 g/mol. The summed E-state index contributed by atoms with van der Waals surface area (Å²) in [4.78, 5) is 12.5. The third-order valence-electron chi connectivity index (χ3n) is 3.67. The highest BCUT2D eigenvalue weighted by atomic mass is 16.3. The smallest absolute Gasteiger partial charge is 0.252 e. The first kappa shape index (κ1) is 14.9. The van der Waals surface area contributed by atoms with Crippen molar-refractivity contribution in [3.63, 3.8) is 0 Å². The zero-order chi connectivity index (χ0) is 16.1. The third-order valence-corrected chi connectivity index (χ3v) is 3.67. The largest absolute Gasteiger partial charge is 0.508 e. The first-order chi connectivity index (χ1) is 11.2. The summed E-state index contributed by atoms with van der Waals surface area (Å²) >= 11 is 0. The normalized spacial score (nSPS) is 10.5. The molecule has 0 atom stereocenters. The molecule has 0 saturated heterocycles. The molecule has 0 unspecified atom stereocenters. The summed E-state index contributed by atoms with van der Waals surface area (Å²) in [5.74, 6) is -0.0353. The maximum absolute atomic E-state index is 12.5. The number of rotatable bonds is 4. The van der Waals surface area contributed by atoms with E-state index in [-0.39, 0.29) is 17.7 Å². The molecule has 0 aromatic heterocycles. The van der Waals surface area contributed by atoms with E-state index in [2.05, 4.69) is 5.32 Å². The van der Waals surface area contributed by atoms with E-state index in [1.165, 1.54) is 12.1 Å². The molecular weight excluding hydrogens is 286 g/mol. The van der Waals surface area contributed by atoms with Crippen molar-refractivity contribution in [1.82, 2.24) is 5.32 Å². The number of hydrogen-bond donors (Lipinski definition) is 2. The monoisotopic (exact) mass is 303 g/mol. The summed E-state index contributed by atoms with van der Waals surface area (Å²) in [6.07, 6.45) is 0. The number of phenols is 1. The van der Waals surface area contributed by atoms with Gasteiger partial charge in [0.05, 0.1) is 6.04 Å². The Hall–Kier alpha value is -3.07. The minimum atomic E-state index is -0.223. The molecule has 1 amide bonds. The zero-order valence-electron chi connectivity index (χ0n) is 12.5. The van der Waals surface area contributed by atoms with Gasteiger partial charge in [0.1, 0.15) is 5.75 Å². The molecule has 0 heterocycles. The van der Waals surface area contributed by atoms with Gasteiger partial charge in [0, 0.05) is 5.56 Å². The number of amides is 1. The van der Waals surface area contributed by atoms with E-state index in [1.807, 2.05) is 60.7 Å². The van der Waals surface area contributed by atoms with Crippen LogP contribution in [0.5, 0.6) is 5.75 Å². The Morgan fingerprint density at radius 3 is 1.70 bits per heavy atom. The number of phenolic OH excluding ortho intramolecular Hbond substituents is 1. The molecule has 114 valence electrons. The standard InChI is InChI=1S/C20H17NO2/c22-18-13-11-17(12-14-18)20(23)21-19(15-7-3-1-4-8-15)16-9-5-2-6-10-16/h1-14,19,22H,(H,21,23). The van der Waals surface area contributed by atoms with E-state index in [4.69, 9.17) is 0 Å². The van der Waals surface area contributed by atoms with Crippen molar-refractivity contribution in [2.24, 2.45) is 0 Å². The SMILES string of the molecule is O=C(NC(c1ccccc1)c1ccccc1)c1ccc(O)cc1. The molecule has 0 fully saturated rings. The van der Waals surface area contributed by atoms with Crippen LogP contribution in [-0.4, -0.2) is 11.0 Å². The van der Waals surface area contributed by atoms with E-state index in [0.717, 1.165) is 11.1 Å². The summed E-state index contributed by atoms with van der Waals surface area (Å²) in [7, 11) is 0. The van der Waals surface area contributed by atoms with E-state index in [0.29, 0.717) is 5.56 Å². The topological polar surface area (TPSA) is 49.3 Å². The molecule has 0 aliphatic heterocycles. The summed E-state index contributed by atoms with van der Waals surface area (Å²) in [6.45, 7) is 0. The predicted molar refractivity (Wildman–Crippen MR) is 90.3 cm³/mol. The Kier molecular flexibility index (Phi) is 4.39. The van der Waals surface area contributed by atoms with Gasteiger partial charge in [-0.15, -0.1) is 0 Å². The highest BCUT2D eigenvalue weighted by Gasteiger charge is 2.17. The van der Waals surface area contributed by atoms with E-state index in [9.17, 15) is 9.90 Å². The first-order valence-electron chi connectivity index (χ1n) is 7.44.